The SMILES string of the molecule is O=C(O)c1ccc(S(=O)(=O)NC2CCCCC2)c(Br)c1. The summed E-state index contributed by atoms with van der Waals surface area (Å²) < 4.78 is 27.6. The molecule has 1 saturated carbocycles. The highest BCUT2D eigenvalue weighted by atomic mass is 79.9. The van der Waals surface area contributed by atoms with Crippen LogP contribution in [0.25, 0.3) is 0 Å². The first-order chi connectivity index (χ1) is 9.40. The number of rotatable bonds is 4. The van der Waals surface area contributed by atoms with Crippen molar-refractivity contribution in [1.29, 1.82) is 0 Å². The Morgan fingerprint density at radius 3 is 2.45 bits per heavy atom. The maximum atomic E-state index is 12.3. The zero-order valence-corrected chi connectivity index (χ0v) is 13.2. The molecule has 2 N–H and O–H groups in total. The minimum absolute atomic E-state index is 0.0280. The van der Waals surface area contributed by atoms with Crippen molar-refractivity contribution >= 4 is 31.9 Å². The Morgan fingerprint density at radius 1 is 1.25 bits per heavy atom. The second kappa shape index (κ2) is 6.24. The topological polar surface area (TPSA) is 83.5 Å². The number of nitrogens with one attached hydrogen (secondary N) is 1. The van der Waals surface area contributed by atoms with Gasteiger partial charge in [0.2, 0.25) is 10.0 Å². The fourth-order valence-electron chi connectivity index (χ4n) is 2.36. The van der Waals surface area contributed by atoms with E-state index in [1.165, 1.54) is 18.2 Å². The number of halogens is 1. The monoisotopic (exact) mass is 361 g/mol. The summed E-state index contributed by atoms with van der Waals surface area (Å²) in [5.41, 5.74) is 0.0495. The molecular weight excluding hydrogens is 346 g/mol. The molecule has 1 fully saturated rings. The van der Waals surface area contributed by atoms with Crippen LogP contribution in [-0.4, -0.2) is 25.5 Å². The molecule has 110 valence electrons. The number of carbonyl (C=O) groups is 1. The van der Waals surface area contributed by atoms with Crippen LogP contribution < -0.4 is 4.72 Å². The van der Waals surface area contributed by atoms with Crippen molar-refractivity contribution in [2.75, 3.05) is 0 Å². The highest BCUT2D eigenvalue weighted by Crippen LogP contribution is 2.25. The van der Waals surface area contributed by atoms with Crippen LogP contribution in [0, 0.1) is 0 Å². The third-order valence-corrected chi connectivity index (χ3v) is 5.89. The summed E-state index contributed by atoms with van der Waals surface area (Å²) in [6.45, 7) is 0. The largest absolute Gasteiger partial charge is 0.478 e. The highest BCUT2D eigenvalue weighted by molar-refractivity contribution is 9.10. The van der Waals surface area contributed by atoms with Gasteiger partial charge in [0.25, 0.3) is 0 Å². The smallest absolute Gasteiger partial charge is 0.335 e. The second-order valence-electron chi connectivity index (χ2n) is 4.91. The molecule has 1 aliphatic rings. The number of carboxylic acid groups (broad SMARTS) is 1. The van der Waals surface area contributed by atoms with E-state index in [-0.39, 0.29) is 21.0 Å². The molecule has 0 spiro atoms. The molecule has 0 amide bonds. The lowest BCUT2D eigenvalue weighted by atomic mass is 9.96. The average molecular weight is 362 g/mol. The van der Waals surface area contributed by atoms with Crippen LogP contribution in [0.4, 0.5) is 0 Å². The number of sulfonamides is 1. The number of aromatic carboxylic acids is 1. The van der Waals surface area contributed by atoms with Gasteiger partial charge >= 0.3 is 5.97 Å². The number of carboxylic acids is 1. The van der Waals surface area contributed by atoms with E-state index in [0.29, 0.717) is 0 Å². The zero-order chi connectivity index (χ0) is 14.8. The Balaban J connectivity index is 2.22. The number of hydrogen-bond donors (Lipinski definition) is 2. The molecule has 0 heterocycles. The van der Waals surface area contributed by atoms with E-state index < -0.39 is 16.0 Å². The standard InChI is InChI=1S/C13H16BrNO4S/c14-11-8-9(13(16)17)6-7-12(11)20(18,19)15-10-4-2-1-3-5-10/h6-8,10,15H,1-5H2,(H,16,17). The second-order valence-corrected chi connectivity index (χ2v) is 7.44. The Kier molecular flexibility index (Phi) is 4.82. The predicted octanol–water partition coefficient (Wildman–Crippen LogP) is 2.76. The lowest BCUT2D eigenvalue weighted by Crippen LogP contribution is -2.36. The van der Waals surface area contributed by atoms with E-state index in [9.17, 15) is 13.2 Å². The molecule has 2 rings (SSSR count). The van der Waals surface area contributed by atoms with Crippen molar-refractivity contribution in [2.24, 2.45) is 0 Å². The average Bonchev–Trinajstić information content (AvgIpc) is 2.38. The summed E-state index contributed by atoms with van der Waals surface area (Å²) in [5, 5.41) is 8.88. The molecule has 7 heteroatoms. The summed E-state index contributed by atoms with van der Waals surface area (Å²) in [5.74, 6) is -1.09. The molecule has 5 nitrogen and oxygen atoms in total. The van der Waals surface area contributed by atoms with Crippen LogP contribution in [-0.2, 0) is 10.0 Å². The summed E-state index contributed by atoms with van der Waals surface area (Å²) in [7, 11) is -3.62. The quantitative estimate of drug-likeness (QED) is 0.863. The minimum atomic E-state index is -3.62. The molecule has 0 unspecified atom stereocenters. The first-order valence-corrected chi connectivity index (χ1v) is 8.73. The molecule has 0 aliphatic heterocycles. The Bertz CT molecular complexity index is 609. The van der Waals surface area contributed by atoms with Crippen molar-refractivity contribution in [2.45, 2.75) is 43.0 Å². The molecule has 20 heavy (non-hydrogen) atoms. The van der Waals surface area contributed by atoms with Gasteiger partial charge in [-0.1, -0.05) is 19.3 Å². The molecule has 0 radical (unpaired) electrons. The lowest BCUT2D eigenvalue weighted by molar-refractivity contribution is 0.0696. The Labute approximate surface area is 126 Å². The fraction of sp³-hybridized carbons (Fsp3) is 0.462. The van der Waals surface area contributed by atoms with Crippen molar-refractivity contribution < 1.29 is 18.3 Å². The van der Waals surface area contributed by atoms with Gasteiger partial charge in [0.05, 0.1) is 10.5 Å². The predicted molar refractivity (Wildman–Crippen MR) is 78.3 cm³/mol. The van der Waals surface area contributed by atoms with E-state index >= 15 is 0 Å². The van der Waals surface area contributed by atoms with Crippen LogP contribution in [0.2, 0.25) is 0 Å². The van der Waals surface area contributed by atoms with E-state index in [0.717, 1.165) is 32.1 Å². The molecule has 0 saturated heterocycles. The van der Waals surface area contributed by atoms with Crippen molar-refractivity contribution in [1.82, 2.24) is 4.72 Å². The maximum Gasteiger partial charge on any atom is 0.335 e. The van der Waals surface area contributed by atoms with Gasteiger partial charge in [-0.25, -0.2) is 17.9 Å². The van der Waals surface area contributed by atoms with Gasteiger partial charge in [-0.15, -0.1) is 0 Å². The van der Waals surface area contributed by atoms with Crippen LogP contribution in [0.5, 0.6) is 0 Å². The van der Waals surface area contributed by atoms with Gasteiger partial charge in [0, 0.05) is 10.5 Å². The molecule has 0 atom stereocenters. The van der Waals surface area contributed by atoms with Gasteiger partial charge in [-0.05, 0) is 47.0 Å². The van der Waals surface area contributed by atoms with Crippen LogP contribution in [0.1, 0.15) is 42.5 Å². The fourth-order valence-corrected chi connectivity index (χ4v) is 4.74. The van der Waals surface area contributed by atoms with Crippen molar-refractivity contribution in [3.05, 3.63) is 28.2 Å². The molecule has 1 aliphatic carbocycles. The van der Waals surface area contributed by atoms with Crippen LogP contribution >= 0.6 is 15.9 Å². The highest BCUT2D eigenvalue weighted by Gasteiger charge is 2.24. The van der Waals surface area contributed by atoms with Crippen molar-refractivity contribution in [3.8, 4) is 0 Å². The summed E-state index contributed by atoms with van der Waals surface area (Å²) in [6, 6.07) is 3.89. The third kappa shape index (κ3) is 3.59. The van der Waals surface area contributed by atoms with Gasteiger partial charge in [-0.2, -0.15) is 0 Å². The molecule has 0 aromatic heterocycles. The van der Waals surface area contributed by atoms with E-state index in [4.69, 9.17) is 5.11 Å². The van der Waals surface area contributed by atoms with Gasteiger partial charge in [0.15, 0.2) is 0 Å². The first kappa shape index (κ1) is 15.5. The van der Waals surface area contributed by atoms with Gasteiger partial charge < -0.3 is 5.11 Å². The Hall–Kier alpha value is -0.920. The van der Waals surface area contributed by atoms with Crippen LogP contribution in [0.3, 0.4) is 0 Å². The molecule has 0 bridgehead atoms. The van der Waals surface area contributed by atoms with E-state index in [1.54, 1.807) is 0 Å². The normalized spacial score (nSPS) is 17.1. The van der Waals surface area contributed by atoms with Crippen molar-refractivity contribution in [3.63, 3.8) is 0 Å². The maximum absolute atomic E-state index is 12.3. The minimum Gasteiger partial charge on any atom is -0.478 e. The molecule has 1 aromatic carbocycles. The third-order valence-electron chi connectivity index (χ3n) is 3.40. The summed E-state index contributed by atoms with van der Waals surface area (Å²) in [6.07, 6.45) is 4.92. The summed E-state index contributed by atoms with van der Waals surface area (Å²) >= 11 is 3.13. The Morgan fingerprint density at radius 2 is 1.90 bits per heavy atom. The zero-order valence-electron chi connectivity index (χ0n) is 10.8. The molecule has 1 aromatic rings. The number of hydrogen-bond acceptors (Lipinski definition) is 3. The van der Waals surface area contributed by atoms with E-state index in [2.05, 4.69) is 20.7 Å². The van der Waals surface area contributed by atoms with Gasteiger partial charge in [0.1, 0.15) is 0 Å². The summed E-state index contributed by atoms with van der Waals surface area (Å²) in [4.78, 5) is 10.9. The first-order valence-electron chi connectivity index (χ1n) is 6.45. The van der Waals surface area contributed by atoms with Gasteiger partial charge in [-0.3, -0.25) is 0 Å². The molecular formula is C13H16BrNO4S. The van der Waals surface area contributed by atoms with E-state index in [1.807, 2.05) is 0 Å². The number of benzene rings is 1. The van der Waals surface area contributed by atoms with Crippen LogP contribution in [0.15, 0.2) is 27.6 Å². The lowest BCUT2D eigenvalue weighted by Gasteiger charge is -2.22.